The van der Waals surface area contributed by atoms with Crippen molar-refractivity contribution in [1.29, 1.82) is 0 Å². The van der Waals surface area contributed by atoms with Crippen molar-refractivity contribution in [3.63, 3.8) is 0 Å². The number of aromatic hydroxyl groups is 2. The monoisotopic (exact) mass is 646 g/mol. The predicted molar refractivity (Wildman–Crippen MR) is 183 cm³/mol. The average Bonchev–Trinajstić information content (AvgIpc) is 3.59. The Bertz CT molecular complexity index is 2050. The predicted octanol–water partition coefficient (Wildman–Crippen LogP) is 6.31. The number of aliphatic hydroxyl groups is 1. The minimum absolute atomic E-state index is 0.0453. The molecule has 3 aliphatic rings. The van der Waals surface area contributed by atoms with Gasteiger partial charge in [0.2, 0.25) is 0 Å². The summed E-state index contributed by atoms with van der Waals surface area (Å²) in [5.41, 5.74) is 9.21. The van der Waals surface area contributed by atoms with Crippen molar-refractivity contribution in [3.8, 4) is 39.9 Å². The van der Waals surface area contributed by atoms with Gasteiger partial charge in [-0.1, -0.05) is 30.4 Å². The number of aliphatic hydroxyl groups excluding tert-OH is 1. The van der Waals surface area contributed by atoms with Crippen molar-refractivity contribution in [2.45, 2.75) is 36.9 Å². The highest BCUT2D eigenvalue weighted by molar-refractivity contribution is 5.88. The lowest BCUT2D eigenvalue weighted by Gasteiger charge is -2.41. The van der Waals surface area contributed by atoms with Crippen LogP contribution in [0.2, 0.25) is 0 Å². The van der Waals surface area contributed by atoms with E-state index in [-0.39, 0.29) is 42.7 Å². The Morgan fingerprint density at radius 3 is 2.62 bits per heavy atom. The summed E-state index contributed by atoms with van der Waals surface area (Å²) in [4.78, 5) is 3.30. The molecule has 9 nitrogen and oxygen atoms in total. The summed E-state index contributed by atoms with van der Waals surface area (Å²) in [5.74, 6) is 2.10. The van der Waals surface area contributed by atoms with Crippen LogP contribution in [0.3, 0.4) is 0 Å². The number of phenols is 2. The average molecular weight is 647 g/mol. The molecule has 0 unspecified atom stereocenters. The molecule has 1 aliphatic heterocycles. The van der Waals surface area contributed by atoms with Crippen molar-refractivity contribution in [1.82, 2.24) is 10.3 Å². The molecule has 5 aromatic rings. The Balaban J connectivity index is 1.29. The van der Waals surface area contributed by atoms with Gasteiger partial charge in [-0.3, -0.25) is 5.32 Å². The number of aromatic amines is 1. The summed E-state index contributed by atoms with van der Waals surface area (Å²) in [6.45, 7) is 0.323. The van der Waals surface area contributed by atoms with E-state index in [2.05, 4.69) is 46.7 Å². The largest absolute Gasteiger partial charge is 0.507 e. The Labute approximate surface area is 278 Å². The van der Waals surface area contributed by atoms with E-state index in [9.17, 15) is 15.3 Å². The lowest BCUT2D eigenvalue weighted by Crippen LogP contribution is -2.36. The number of aromatic nitrogens is 1. The van der Waals surface area contributed by atoms with Crippen LogP contribution in [0.25, 0.3) is 28.1 Å². The zero-order valence-corrected chi connectivity index (χ0v) is 26.8. The number of hydrogen-bond donors (Lipinski definition) is 5. The van der Waals surface area contributed by atoms with Gasteiger partial charge in [0.05, 0.1) is 20.4 Å². The second kappa shape index (κ2) is 12.2. The Morgan fingerprint density at radius 1 is 0.938 bits per heavy atom. The van der Waals surface area contributed by atoms with Crippen molar-refractivity contribution in [2.24, 2.45) is 0 Å². The van der Waals surface area contributed by atoms with Gasteiger partial charge in [0.15, 0.2) is 17.6 Å². The van der Waals surface area contributed by atoms with E-state index in [4.69, 9.17) is 18.9 Å². The third-order valence-electron chi connectivity index (χ3n) is 9.99. The fourth-order valence-corrected chi connectivity index (χ4v) is 7.86. The summed E-state index contributed by atoms with van der Waals surface area (Å²) >= 11 is 0. The van der Waals surface area contributed by atoms with E-state index < -0.39 is 6.10 Å². The highest BCUT2D eigenvalue weighted by Crippen LogP contribution is 2.57. The number of methoxy groups -OCH3 is 1. The molecule has 8 rings (SSSR count). The van der Waals surface area contributed by atoms with Gasteiger partial charge in [-0.05, 0) is 89.0 Å². The van der Waals surface area contributed by atoms with Gasteiger partial charge in [0.25, 0.3) is 0 Å². The summed E-state index contributed by atoms with van der Waals surface area (Å²) < 4.78 is 24.9. The molecule has 9 heteroatoms. The zero-order chi connectivity index (χ0) is 32.9. The number of nitrogens with one attached hydrogen (secondary N) is 2. The minimum Gasteiger partial charge on any atom is -0.507 e. The highest BCUT2D eigenvalue weighted by atomic mass is 16.6. The van der Waals surface area contributed by atoms with E-state index in [0.717, 1.165) is 49.8 Å². The molecule has 0 saturated heterocycles. The fraction of sp³-hybridized carbons (Fsp3) is 0.282. The first-order valence-corrected chi connectivity index (χ1v) is 16.3. The Morgan fingerprint density at radius 2 is 1.79 bits per heavy atom. The van der Waals surface area contributed by atoms with Crippen LogP contribution in [0.1, 0.15) is 51.3 Å². The van der Waals surface area contributed by atoms with E-state index >= 15 is 0 Å². The lowest BCUT2D eigenvalue weighted by molar-refractivity contribution is -0.0429. The third kappa shape index (κ3) is 4.97. The summed E-state index contributed by atoms with van der Waals surface area (Å²) in [6, 6.07) is 19.6. The zero-order valence-electron chi connectivity index (χ0n) is 26.8. The van der Waals surface area contributed by atoms with E-state index in [1.165, 1.54) is 12.7 Å². The van der Waals surface area contributed by atoms with Crippen LogP contribution >= 0.6 is 0 Å². The molecule has 0 saturated carbocycles. The molecule has 4 atom stereocenters. The smallest absolute Gasteiger partial charge is 0.160 e. The van der Waals surface area contributed by atoms with Gasteiger partial charge < -0.3 is 39.3 Å². The van der Waals surface area contributed by atoms with Gasteiger partial charge in [-0.15, -0.1) is 0 Å². The van der Waals surface area contributed by atoms with E-state index in [1.807, 2.05) is 31.4 Å². The number of benzene rings is 4. The number of H-pyrrole nitrogens is 1. The summed E-state index contributed by atoms with van der Waals surface area (Å²) in [7, 11) is 3.36. The molecular formula is C39H38N2O7. The first kappa shape index (κ1) is 30.4. The van der Waals surface area contributed by atoms with Crippen LogP contribution in [0.4, 0.5) is 0 Å². The highest BCUT2D eigenvalue weighted by Gasteiger charge is 2.41. The molecule has 2 heterocycles. The van der Waals surface area contributed by atoms with Crippen LogP contribution in [-0.4, -0.2) is 60.5 Å². The number of phenolic OH excluding ortho intramolecular Hbond substituents is 2. The topological polar surface area (TPSA) is 125 Å². The van der Waals surface area contributed by atoms with Crippen LogP contribution in [-0.2, 0) is 17.6 Å². The molecule has 0 amide bonds. The van der Waals surface area contributed by atoms with Crippen LogP contribution in [0.5, 0.6) is 28.7 Å². The minimum atomic E-state index is -0.484. The molecule has 0 radical (unpaired) electrons. The molecule has 2 aliphatic carbocycles. The number of hydrogen-bond acceptors (Lipinski definition) is 8. The first-order chi connectivity index (χ1) is 23.5. The molecule has 0 fully saturated rings. The molecule has 48 heavy (non-hydrogen) atoms. The molecule has 0 bridgehead atoms. The number of fused-ring (bicyclic) bond motifs is 5. The Hall–Kier alpha value is -4.96. The SMILES string of the molecule is CNCO[C@@H]1Cc2c(cc(OCCO)c3c2C[C@H]2c4c-3ccc(O)c4C=C[C@@H]2c2ccc3[nH]ccc3c2)O[C@@H]1c1ccc(O)c(OC)c1. The second-order valence-corrected chi connectivity index (χ2v) is 12.6. The first-order valence-electron chi connectivity index (χ1n) is 16.3. The maximum atomic E-state index is 11.1. The van der Waals surface area contributed by atoms with Gasteiger partial charge >= 0.3 is 0 Å². The number of allylic oxidation sites excluding steroid dienone is 1. The molecule has 4 aromatic carbocycles. The van der Waals surface area contributed by atoms with Crippen LogP contribution < -0.4 is 19.5 Å². The van der Waals surface area contributed by atoms with Crippen molar-refractivity contribution < 1.29 is 34.3 Å². The standard InChI is InChI=1S/C39H38N2O7/c1-40-20-47-36-18-27-29-17-28-24(21-3-8-30-22(15-21)11-12-41-30)5-6-25-31(43)10-7-26(37(25)28)38(29)35(46-14-13-42)19-33(27)48-39(36)23-4-9-32(44)34(16-23)45-2/h3-12,15-16,19,24,28,36,39-44H,13-14,17-18,20H2,1-2H3/t24-,28-,36-,39-/m1/s1. The maximum absolute atomic E-state index is 11.1. The number of rotatable bonds is 9. The second-order valence-electron chi connectivity index (χ2n) is 12.6. The number of ether oxygens (including phenoxy) is 4. The lowest BCUT2D eigenvalue weighted by atomic mass is 9.65. The van der Waals surface area contributed by atoms with Crippen LogP contribution in [0.15, 0.2) is 72.9 Å². The molecule has 246 valence electrons. The fourth-order valence-electron chi connectivity index (χ4n) is 7.86. The molecular weight excluding hydrogens is 608 g/mol. The molecule has 1 aromatic heterocycles. The van der Waals surface area contributed by atoms with E-state index in [0.29, 0.717) is 36.8 Å². The molecule has 0 spiro atoms. The van der Waals surface area contributed by atoms with Crippen molar-refractivity contribution in [2.75, 3.05) is 34.1 Å². The van der Waals surface area contributed by atoms with Crippen molar-refractivity contribution in [3.05, 3.63) is 106 Å². The van der Waals surface area contributed by atoms with E-state index in [1.54, 1.807) is 18.2 Å². The van der Waals surface area contributed by atoms with Gasteiger partial charge in [0, 0.05) is 46.8 Å². The summed E-state index contributed by atoms with van der Waals surface area (Å²) in [5, 5.41) is 35.4. The third-order valence-corrected chi connectivity index (χ3v) is 9.99. The van der Waals surface area contributed by atoms with Gasteiger partial charge in [-0.25, -0.2) is 0 Å². The summed E-state index contributed by atoms with van der Waals surface area (Å²) in [6.07, 6.45) is 6.67. The Kier molecular flexibility index (Phi) is 7.75. The normalized spacial score (nSPS) is 20.5. The van der Waals surface area contributed by atoms with Crippen molar-refractivity contribution >= 4 is 17.0 Å². The molecule has 5 N–H and O–H groups in total. The van der Waals surface area contributed by atoms with Gasteiger partial charge in [-0.2, -0.15) is 0 Å². The van der Waals surface area contributed by atoms with Gasteiger partial charge in [0.1, 0.15) is 30.0 Å². The quantitative estimate of drug-likeness (QED) is 0.118. The van der Waals surface area contributed by atoms with Crippen LogP contribution in [0, 0.1) is 0 Å². The maximum Gasteiger partial charge on any atom is 0.160 e.